The van der Waals surface area contributed by atoms with Crippen molar-refractivity contribution in [3.63, 3.8) is 0 Å². The van der Waals surface area contributed by atoms with Crippen molar-refractivity contribution in [2.75, 3.05) is 33.3 Å². The summed E-state index contributed by atoms with van der Waals surface area (Å²) in [4.78, 5) is 16.9. The average Bonchev–Trinajstić information content (AvgIpc) is 2.56. The molecule has 1 aromatic rings. The molecule has 1 aromatic carbocycles. The molecule has 122 valence electrons. The highest BCUT2D eigenvalue weighted by molar-refractivity contribution is 5.79. The number of ether oxygens (including phenoxy) is 1. The van der Waals surface area contributed by atoms with Gasteiger partial charge in [0.25, 0.3) is 0 Å². The average molecular weight is 304 g/mol. The molecule has 4 heteroatoms. The summed E-state index contributed by atoms with van der Waals surface area (Å²) in [6, 6.07) is 8.19. The summed E-state index contributed by atoms with van der Waals surface area (Å²) in [7, 11) is 1.69. The van der Waals surface area contributed by atoms with E-state index in [2.05, 4.69) is 30.9 Å². The highest BCUT2D eigenvalue weighted by Gasteiger charge is 2.28. The van der Waals surface area contributed by atoms with Crippen LogP contribution >= 0.6 is 0 Å². The number of carbonyl (C=O) groups is 1. The summed E-state index contributed by atoms with van der Waals surface area (Å²) in [5.74, 6) is 1.37. The van der Waals surface area contributed by atoms with Gasteiger partial charge in [-0.3, -0.25) is 9.69 Å². The van der Waals surface area contributed by atoms with E-state index < -0.39 is 0 Å². The fourth-order valence-electron chi connectivity index (χ4n) is 3.22. The predicted octanol–water partition coefficient (Wildman–Crippen LogP) is 2.78. The van der Waals surface area contributed by atoms with Crippen LogP contribution in [0.15, 0.2) is 24.3 Å². The quantitative estimate of drug-likeness (QED) is 0.810. The number of hydrogen-bond acceptors (Lipinski definition) is 3. The fraction of sp³-hybridized carbons (Fsp3) is 0.611. The lowest BCUT2D eigenvalue weighted by Crippen LogP contribution is -2.44. The molecule has 0 unspecified atom stereocenters. The van der Waals surface area contributed by atoms with Crippen molar-refractivity contribution in [1.29, 1.82) is 0 Å². The van der Waals surface area contributed by atoms with E-state index in [1.54, 1.807) is 7.11 Å². The van der Waals surface area contributed by atoms with E-state index in [0.717, 1.165) is 51.3 Å². The number of benzene rings is 1. The molecule has 1 heterocycles. The van der Waals surface area contributed by atoms with E-state index in [1.807, 2.05) is 17.0 Å². The van der Waals surface area contributed by atoms with Gasteiger partial charge in [0.1, 0.15) is 5.75 Å². The molecule has 0 saturated carbocycles. The van der Waals surface area contributed by atoms with Crippen molar-refractivity contribution < 1.29 is 9.53 Å². The molecule has 1 saturated heterocycles. The zero-order valence-electron chi connectivity index (χ0n) is 14.0. The Kier molecular flexibility index (Phi) is 6.25. The van der Waals surface area contributed by atoms with Crippen molar-refractivity contribution in [3.05, 3.63) is 29.8 Å². The zero-order valence-corrected chi connectivity index (χ0v) is 14.0. The normalized spacial score (nSPS) is 19.0. The zero-order chi connectivity index (χ0) is 15.9. The Balaban J connectivity index is 1.96. The number of methoxy groups -OCH3 is 1. The SMILES string of the molecule is CCN(CC)C(=O)[C@H]1CCCN(Cc2cccc(OC)c2)C1. The molecule has 1 aliphatic rings. The van der Waals surface area contributed by atoms with Crippen LogP contribution in [-0.4, -0.2) is 49.0 Å². The molecule has 1 atom stereocenters. The molecular weight excluding hydrogens is 276 g/mol. The second-order valence-corrected chi connectivity index (χ2v) is 5.94. The highest BCUT2D eigenvalue weighted by Crippen LogP contribution is 2.22. The smallest absolute Gasteiger partial charge is 0.226 e. The van der Waals surface area contributed by atoms with Gasteiger partial charge in [-0.2, -0.15) is 0 Å². The molecule has 0 N–H and O–H groups in total. The molecule has 0 radical (unpaired) electrons. The molecule has 2 rings (SSSR count). The maximum Gasteiger partial charge on any atom is 0.226 e. The Morgan fingerprint density at radius 3 is 2.82 bits per heavy atom. The van der Waals surface area contributed by atoms with Gasteiger partial charge in [-0.05, 0) is 50.9 Å². The first-order valence-electron chi connectivity index (χ1n) is 8.32. The van der Waals surface area contributed by atoms with Gasteiger partial charge in [0.2, 0.25) is 5.91 Å². The van der Waals surface area contributed by atoms with Gasteiger partial charge < -0.3 is 9.64 Å². The first-order valence-corrected chi connectivity index (χ1v) is 8.32. The number of nitrogens with zero attached hydrogens (tertiary/aromatic N) is 2. The standard InChI is InChI=1S/C18H28N2O2/c1-4-20(5-2)18(21)16-9-7-11-19(14-16)13-15-8-6-10-17(12-15)22-3/h6,8,10,12,16H,4-5,7,9,11,13-14H2,1-3H3/t16-/m0/s1. The van der Waals surface area contributed by atoms with Gasteiger partial charge in [0.05, 0.1) is 13.0 Å². The van der Waals surface area contributed by atoms with Crippen molar-refractivity contribution in [2.24, 2.45) is 5.92 Å². The van der Waals surface area contributed by atoms with Crippen molar-refractivity contribution >= 4 is 5.91 Å². The largest absolute Gasteiger partial charge is 0.497 e. The van der Waals surface area contributed by atoms with Crippen LogP contribution in [0, 0.1) is 5.92 Å². The minimum Gasteiger partial charge on any atom is -0.497 e. The topological polar surface area (TPSA) is 32.8 Å². The van der Waals surface area contributed by atoms with Crippen LogP contribution in [0.4, 0.5) is 0 Å². The summed E-state index contributed by atoms with van der Waals surface area (Å²) < 4.78 is 5.28. The minimum absolute atomic E-state index is 0.152. The van der Waals surface area contributed by atoms with Crippen LogP contribution in [0.2, 0.25) is 0 Å². The molecule has 1 fully saturated rings. The van der Waals surface area contributed by atoms with Gasteiger partial charge in [-0.1, -0.05) is 12.1 Å². The van der Waals surface area contributed by atoms with Gasteiger partial charge in [-0.15, -0.1) is 0 Å². The molecule has 0 aromatic heterocycles. The van der Waals surface area contributed by atoms with E-state index in [4.69, 9.17) is 4.74 Å². The summed E-state index contributed by atoms with van der Waals surface area (Å²) in [5, 5.41) is 0. The van der Waals surface area contributed by atoms with E-state index in [0.29, 0.717) is 5.91 Å². The number of amides is 1. The van der Waals surface area contributed by atoms with Crippen LogP contribution in [0.1, 0.15) is 32.3 Å². The van der Waals surface area contributed by atoms with Crippen LogP contribution in [-0.2, 0) is 11.3 Å². The molecule has 22 heavy (non-hydrogen) atoms. The molecule has 0 bridgehead atoms. The Bertz CT molecular complexity index is 486. The predicted molar refractivity (Wildman–Crippen MR) is 88.9 cm³/mol. The number of rotatable bonds is 6. The second-order valence-electron chi connectivity index (χ2n) is 5.94. The number of piperidine rings is 1. The lowest BCUT2D eigenvalue weighted by Gasteiger charge is -2.34. The molecule has 0 spiro atoms. The van der Waals surface area contributed by atoms with Crippen LogP contribution in [0.3, 0.4) is 0 Å². The molecular formula is C18H28N2O2. The third-order valence-corrected chi connectivity index (χ3v) is 4.47. The van der Waals surface area contributed by atoms with Crippen LogP contribution < -0.4 is 4.74 Å². The highest BCUT2D eigenvalue weighted by atomic mass is 16.5. The van der Waals surface area contributed by atoms with Crippen LogP contribution in [0.5, 0.6) is 5.75 Å². The van der Waals surface area contributed by atoms with Gasteiger partial charge >= 0.3 is 0 Å². The maximum absolute atomic E-state index is 12.5. The first kappa shape index (κ1) is 16.8. The number of carbonyl (C=O) groups excluding carboxylic acids is 1. The van der Waals surface area contributed by atoms with E-state index in [9.17, 15) is 4.79 Å². The Morgan fingerprint density at radius 1 is 1.36 bits per heavy atom. The first-order chi connectivity index (χ1) is 10.7. The number of hydrogen-bond donors (Lipinski definition) is 0. The monoisotopic (exact) mass is 304 g/mol. The molecule has 0 aliphatic carbocycles. The van der Waals surface area contributed by atoms with Gasteiger partial charge in [-0.25, -0.2) is 0 Å². The van der Waals surface area contributed by atoms with E-state index in [-0.39, 0.29) is 5.92 Å². The van der Waals surface area contributed by atoms with Gasteiger partial charge in [0.15, 0.2) is 0 Å². The Labute approximate surface area is 134 Å². The lowest BCUT2D eigenvalue weighted by atomic mass is 9.96. The summed E-state index contributed by atoms with van der Waals surface area (Å²) in [6.07, 6.45) is 2.12. The molecule has 1 amide bonds. The van der Waals surface area contributed by atoms with Crippen molar-refractivity contribution in [2.45, 2.75) is 33.2 Å². The molecule has 4 nitrogen and oxygen atoms in total. The summed E-state index contributed by atoms with van der Waals surface area (Å²) in [5.41, 5.74) is 1.25. The van der Waals surface area contributed by atoms with Crippen molar-refractivity contribution in [1.82, 2.24) is 9.80 Å². The number of likely N-dealkylation sites (tertiary alicyclic amines) is 1. The lowest BCUT2D eigenvalue weighted by molar-refractivity contribution is -0.137. The van der Waals surface area contributed by atoms with E-state index >= 15 is 0 Å². The summed E-state index contributed by atoms with van der Waals surface area (Å²) >= 11 is 0. The third-order valence-electron chi connectivity index (χ3n) is 4.47. The maximum atomic E-state index is 12.5. The minimum atomic E-state index is 0.152. The van der Waals surface area contributed by atoms with E-state index in [1.165, 1.54) is 5.56 Å². The Morgan fingerprint density at radius 2 is 2.14 bits per heavy atom. The summed E-state index contributed by atoms with van der Waals surface area (Å²) in [6.45, 7) is 8.55. The van der Waals surface area contributed by atoms with Gasteiger partial charge in [0, 0.05) is 26.2 Å². The molecule has 1 aliphatic heterocycles. The van der Waals surface area contributed by atoms with Crippen molar-refractivity contribution in [3.8, 4) is 5.75 Å². The van der Waals surface area contributed by atoms with Crippen LogP contribution in [0.25, 0.3) is 0 Å². The third kappa shape index (κ3) is 4.23. The second kappa shape index (κ2) is 8.18. The fourth-order valence-corrected chi connectivity index (χ4v) is 3.22. The Hall–Kier alpha value is -1.55.